The summed E-state index contributed by atoms with van der Waals surface area (Å²) in [6.07, 6.45) is 2.93. The molecule has 6 heteroatoms. The minimum atomic E-state index is -0.727. The minimum absolute atomic E-state index is 0.0643. The van der Waals surface area contributed by atoms with Crippen LogP contribution in [0.15, 0.2) is 12.3 Å². The van der Waals surface area contributed by atoms with E-state index in [1.165, 1.54) is 0 Å². The van der Waals surface area contributed by atoms with Crippen LogP contribution < -0.4 is 9.64 Å². The Kier molecular flexibility index (Phi) is 4.11. The van der Waals surface area contributed by atoms with Crippen LogP contribution in [0.5, 0.6) is 5.88 Å². The molecule has 1 aromatic heterocycles. The second-order valence-corrected chi connectivity index (χ2v) is 5.71. The SMILES string of the molecule is CC(C)Oc1ccnc(N2CCC(C)(C(=O)O)CC2)n1. The Bertz CT molecular complexity index is 482. The predicted molar refractivity (Wildman–Crippen MR) is 75.0 cm³/mol. The average molecular weight is 279 g/mol. The normalized spacial score (nSPS) is 18.1. The maximum atomic E-state index is 11.2. The van der Waals surface area contributed by atoms with Crippen molar-refractivity contribution in [3.05, 3.63) is 12.3 Å². The second-order valence-electron chi connectivity index (χ2n) is 5.71. The van der Waals surface area contributed by atoms with Crippen molar-refractivity contribution in [2.75, 3.05) is 18.0 Å². The molecule has 0 aromatic carbocycles. The molecule has 6 nitrogen and oxygen atoms in total. The van der Waals surface area contributed by atoms with E-state index in [9.17, 15) is 9.90 Å². The number of anilines is 1. The lowest BCUT2D eigenvalue weighted by Crippen LogP contribution is -2.43. The second kappa shape index (κ2) is 5.64. The van der Waals surface area contributed by atoms with Crippen molar-refractivity contribution in [2.45, 2.75) is 39.7 Å². The van der Waals surface area contributed by atoms with E-state index in [-0.39, 0.29) is 6.10 Å². The number of nitrogens with zero attached hydrogens (tertiary/aromatic N) is 3. The van der Waals surface area contributed by atoms with E-state index in [1.54, 1.807) is 19.2 Å². The molecule has 1 N–H and O–H groups in total. The lowest BCUT2D eigenvalue weighted by atomic mass is 9.80. The molecule has 0 atom stereocenters. The van der Waals surface area contributed by atoms with Gasteiger partial charge in [0.15, 0.2) is 0 Å². The lowest BCUT2D eigenvalue weighted by molar-refractivity contribution is -0.149. The largest absolute Gasteiger partial charge is 0.481 e. The Morgan fingerprint density at radius 1 is 1.45 bits per heavy atom. The zero-order valence-corrected chi connectivity index (χ0v) is 12.2. The van der Waals surface area contributed by atoms with Crippen LogP contribution in [0.25, 0.3) is 0 Å². The van der Waals surface area contributed by atoms with Crippen molar-refractivity contribution in [1.29, 1.82) is 0 Å². The maximum Gasteiger partial charge on any atom is 0.309 e. The summed E-state index contributed by atoms with van der Waals surface area (Å²) in [5.41, 5.74) is -0.636. The van der Waals surface area contributed by atoms with Gasteiger partial charge in [0.05, 0.1) is 11.5 Å². The highest BCUT2D eigenvalue weighted by atomic mass is 16.5. The van der Waals surface area contributed by atoms with Gasteiger partial charge in [0.25, 0.3) is 0 Å². The summed E-state index contributed by atoms with van der Waals surface area (Å²) < 4.78 is 5.55. The molecule has 1 aliphatic heterocycles. The van der Waals surface area contributed by atoms with Crippen LogP contribution in [0.4, 0.5) is 5.95 Å². The van der Waals surface area contributed by atoms with Crippen LogP contribution in [0.1, 0.15) is 33.6 Å². The van der Waals surface area contributed by atoms with E-state index in [2.05, 4.69) is 9.97 Å². The standard InChI is InChI=1S/C14H21N3O3/c1-10(2)20-11-4-7-15-13(16-11)17-8-5-14(3,6-9-17)12(18)19/h4,7,10H,5-6,8-9H2,1-3H3,(H,18,19). The number of aromatic nitrogens is 2. The van der Waals surface area contributed by atoms with Gasteiger partial charge in [-0.2, -0.15) is 4.98 Å². The van der Waals surface area contributed by atoms with Crippen LogP contribution in [-0.2, 0) is 4.79 Å². The number of piperidine rings is 1. The van der Waals surface area contributed by atoms with Gasteiger partial charge in [-0.15, -0.1) is 0 Å². The van der Waals surface area contributed by atoms with Crippen molar-refractivity contribution in [3.63, 3.8) is 0 Å². The molecule has 0 bridgehead atoms. The molecule has 2 heterocycles. The van der Waals surface area contributed by atoms with Gasteiger partial charge in [0.1, 0.15) is 0 Å². The number of ether oxygens (including phenoxy) is 1. The lowest BCUT2D eigenvalue weighted by Gasteiger charge is -2.36. The van der Waals surface area contributed by atoms with Gasteiger partial charge in [-0.25, -0.2) is 4.98 Å². The van der Waals surface area contributed by atoms with E-state index in [4.69, 9.17) is 4.74 Å². The molecule has 1 fully saturated rings. The predicted octanol–water partition coefficient (Wildman–Crippen LogP) is 1.95. The van der Waals surface area contributed by atoms with Gasteiger partial charge < -0.3 is 14.7 Å². The Morgan fingerprint density at radius 2 is 2.10 bits per heavy atom. The molecule has 1 saturated heterocycles. The first kappa shape index (κ1) is 14.6. The molecule has 0 spiro atoms. The van der Waals surface area contributed by atoms with Crippen LogP contribution in [0.2, 0.25) is 0 Å². The van der Waals surface area contributed by atoms with Crippen LogP contribution in [-0.4, -0.2) is 40.2 Å². The number of aliphatic carboxylic acids is 1. The van der Waals surface area contributed by atoms with Crippen LogP contribution in [0.3, 0.4) is 0 Å². The Balaban J connectivity index is 2.05. The summed E-state index contributed by atoms with van der Waals surface area (Å²) in [4.78, 5) is 21.9. The van der Waals surface area contributed by atoms with E-state index in [1.807, 2.05) is 18.7 Å². The fourth-order valence-electron chi connectivity index (χ4n) is 2.21. The first-order chi connectivity index (χ1) is 9.40. The average Bonchev–Trinajstić information content (AvgIpc) is 2.39. The highest BCUT2D eigenvalue weighted by Crippen LogP contribution is 2.32. The third kappa shape index (κ3) is 3.18. The molecule has 110 valence electrons. The topological polar surface area (TPSA) is 75.5 Å². The molecule has 2 rings (SSSR count). The van der Waals surface area contributed by atoms with E-state index in [0.29, 0.717) is 37.8 Å². The number of carboxylic acids is 1. The van der Waals surface area contributed by atoms with Gasteiger partial charge in [-0.3, -0.25) is 4.79 Å². The summed E-state index contributed by atoms with van der Waals surface area (Å²) in [7, 11) is 0. The number of hydrogen-bond donors (Lipinski definition) is 1. The molecule has 20 heavy (non-hydrogen) atoms. The number of carbonyl (C=O) groups is 1. The first-order valence-corrected chi connectivity index (χ1v) is 6.89. The Labute approximate surface area is 118 Å². The van der Waals surface area contributed by atoms with Crippen molar-refractivity contribution in [1.82, 2.24) is 9.97 Å². The molecule has 1 aromatic rings. The molecule has 0 amide bonds. The smallest absolute Gasteiger partial charge is 0.309 e. The van der Waals surface area contributed by atoms with Crippen molar-refractivity contribution >= 4 is 11.9 Å². The van der Waals surface area contributed by atoms with Gasteiger partial charge >= 0.3 is 5.97 Å². The molecule has 1 aliphatic rings. The Morgan fingerprint density at radius 3 is 2.65 bits per heavy atom. The zero-order valence-electron chi connectivity index (χ0n) is 12.2. The summed E-state index contributed by atoms with van der Waals surface area (Å²) in [6, 6.07) is 1.73. The molecular weight excluding hydrogens is 258 g/mol. The zero-order chi connectivity index (χ0) is 14.8. The summed E-state index contributed by atoms with van der Waals surface area (Å²) >= 11 is 0. The summed E-state index contributed by atoms with van der Waals surface area (Å²) in [5, 5.41) is 9.23. The van der Waals surface area contributed by atoms with E-state index in [0.717, 1.165) is 0 Å². The van der Waals surface area contributed by atoms with Gasteiger partial charge in [-0.05, 0) is 33.6 Å². The van der Waals surface area contributed by atoms with Gasteiger partial charge in [0, 0.05) is 25.4 Å². The molecule has 0 radical (unpaired) electrons. The quantitative estimate of drug-likeness (QED) is 0.908. The fourth-order valence-corrected chi connectivity index (χ4v) is 2.21. The number of rotatable bonds is 4. The fraction of sp³-hybridized carbons (Fsp3) is 0.643. The van der Waals surface area contributed by atoms with Crippen molar-refractivity contribution in [2.24, 2.45) is 5.41 Å². The molecular formula is C14H21N3O3. The maximum absolute atomic E-state index is 11.2. The third-order valence-electron chi connectivity index (χ3n) is 3.64. The van der Waals surface area contributed by atoms with Gasteiger partial charge in [-0.1, -0.05) is 0 Å². The monoisotopic (exact) mass is 279 g/mol. The highest BCUT2D eigenvalue weighted by Gasteiger charge is 2.37. The summed E-state index contributed by atoms with van der Waals surface area (Å²) in [6.45, 7) is 6.98. The summed E-state index contributed by atoms with van der Waals surface area (Å²) in [5.74, 6) is 0.433. The van der Waals surface area contributed by atoms with Crippen molar-refractivity contribution in [3.8, 4) is 5.88 Å². The number of carboxylic acid groups (broad SMARTS) is 1. The molecule has 0 saturated carbocycles. The van der Waals surface area contributed by atoms with Crippen LogP contribution >= 0.6 is 0 Å². The van der Waals surface area contributed by atoms with Gasteiger partial charge in [0.2, 0.25) is 11.8 Å². The highest BCUT2D eigenvalue weighted by molar-refractivity contribution is 5.74. The third-order valence-corrected chi connectivity index (χ3v) is 3.64. The van der Waals surface area contributed by atoms with E-state index >= 15 is 0 Å². The number of hydrogen-bond acceptors (Lipinski definition) is 5. The van der Waals surface area contributed by atoms with Crippen molar-refractivity contribution < 1.29 is 14.6 Å². The minimum Gasteiger partial charge on any atom is -0.481 e. The van der Waals surface area contributed by atoms with Crippen LogP contribution in [0, 0.1) is 5.41 Å². The molecule has 0 unspecified atom stereocenters. The Hall–Kier alpha value is -1.85. The molecule has 0 aliphatic carbocycles. The first-order valence-electron chi connectivity index (χ1n) is 6.89. The van der Waals surface area contributed by atoms with E-state index < -0.39 is 11.4 Å².